The fourth-order valence-corrected chi connectivity index (χ4v) is 3.63. The molecule has 0 aromatic heterocycles. The van der Waals surface area contributed by atoms with Crippen LogP contribution in [0.1, 0.15) is 12.0 Å². The average molecular weight is 460 g/mol. The first-order valence-corrected chi connectivity index (χ1v) is 11.0. The van der Waals surface area contributed by atoms with E-state index in [9.17, 15) is 18.0 Å². The second kappa shape index (κ2) is 10.5. The van der Waals surface area contributed by atoms with Crippen LogP contribution in [0.3, 0.4) is 0 Å². The first-order chi connectivity index (χ1) is 15.4. The summed E-state index contributed by atoms with van der Waals surface area (Å²) in [6.45, 7) is 0.183. The van der Waals surface area contributed by atoms with Crippen LogP contribution < -0.4 is 29.8 Å². The maximum atomic E-state index is 12.4. The molecule has 12 heteroatoms. The van der Waals surface area contributed by atoms with Crippen molar-refractivity contribution in [1.29, 1.82) is 5.26 Å². The van der Waals surface area contributed by atoms with E-state index in [1.807, 2.05) is 6.07 Å². The Hall–Kier alpha value is -3.82. The molecule has 3 rings (SSSR count). The van der Waals surface area contributed by atoms with Gasteiger partial charge in [0.1, 0.15) is 19.0 Å². The van der Waals surface area contributed by atoms with Gasteiger partial charge in [-0.1, -0.05) is 0 Å². The van der Waals surface area contributed by atoms with Crippen molar-refractivity contribution in [3.05, 3.63) is 48.0 Å². The topological polar surface area (TPSA) is 156 Å². The van der Waals surface area contributed by atoms with Gasteiger partial charge in [0.15, 0.2) is 18.1 Å². The Morgan fingerprint density at radius 1 is 1.00 bits per heavy atom. The van der Waals surface area contributed by atoms with E-state index < -0.39 is 21.8 Å². The zero-order chi connectivity index (χ0) is 23.0. The Morgan fingerprint density at radius 3 is 2.41 bits per heavy atom. The Morgan fingerprint density at radius 2 is 1.69 bits per heavy atom. The molecular weight excluding hydrogens is 440 g/mol. The van der Waals surface area contributed by atoms with Crippen LogP contribution in [0.15, 0.2) is 47.4 Å². The third-order valence-electron chi connectivity index (χ3n) is 4.16. The highest BCUT2D eigenvalue weighted by Gasteiger charge is 2.19. The Kier molecular flexibility index (Phi) is 7.48. The molecule has 0 saturated heterocycles. The van der Waals surface area contributed by atoms with Gasteiger partial charge < -0.3 is 14.2 Å². The van der Waals surface area contributed by atoms with Gasteiger partial charge in [-0.05, 0) is 36.4 Å². The van der Waals surface area contributed by atoms with Crippen molar-refractivity contribution in [2.45, 2.75) is 11.3 Å². The highest BCUT2D eigenvalue weighted by Crippen LogP contribution is 2.32. The fraction of sp³-hybridized carbons (Fsp3) is 0.250. The normalized spacial score (nSPS) is 12.3. The number of nitrogens with one attached hydrogen (secondary N) is 3. The third kappa shape index (κ3) is 6.34. The third-order valence-corrected chi connectivity index (χ3v) is 5.62. The lowest BCUT2D eigenvalue weighted by molar-refractivity contribution is -0.129. The fourth-order valence-electron chi connectivity index (χ4n) is 2.59. The summed E-state index contributed by atoms with van der Waals surface area (Å²) < 4.78 is 43.0. The molecule has 3 N–H and O–H groups in total. The van der Waals surface area contributed by atoms with E-state index in [4.69, 9.17) is 19.5 Å². The molecule has 0 unspecified atom stereocenters. The Bertz CT molecular complexity index is 1130. The summed E-state index contributed by atoms with van der Waals surface area (Å²) in [6.07, 6.45) is -0.208. The van der Waals surface area contributed by atoms with Gasteiger partial charge in [0.2, 0.25) is 15.9 Å². The van der Waals surface area contributed by atoms with Gasteiger partial charge in [-0.25, -0.2) is 13.1 Å². The number of ether oxygens (including phenoxy) is 3. The minimum Gasteiger partial charge on any atom is -0.486 e. The van der Waals surface area contributed by atoms with Crippen molar-refractivity contribution in [3.63, 3.8) is 0 Å². The van der Waals surface area contributed by atoms with Gasteiger partial charge in [0, 0.05) is 19.0 Å². The molecule has 0 saturated carbocycles. The van der Waals surface area contributed by atoms with E-state index >= 15 is 0 Å². The summed E-state index contributed by atoms with van der Waals surface area (Å²) in [5, 5.41) is 8.73. The molecule has 0 atom stereocenters. The quantitative estimate of drug-likeness (QED) is 0.473. The summed E-state index contributed by atoms with van der Waals surface area (Å²) in [6, 6.07) is 12.4. The first kappa shape index (κ1) is 22.9. The van der Waals surface area contributed by atoms with E-state index in [1.165, 1.54) is 30.3 Å². The van der Waals surface area contributed by atoms with Gasteiger partial charge in [-0.3, -0.25) is 20.4 Å². The van der Waals surface area contributed by atoms with Gasteiger partial charge >= 0.3 is 0 Å². The number of carbonyl (C=O) groups is 2. The van der Waals surface area contributed by atoms with Gasteiger partial charge in [-0.2, -0.15) is 5.26 Å². The van der Waals surface area contributed by atoms with Crippen LogP contribution in [0.25, 0.3) is 0 Å². The number of carbonyl (C=O) groups excluding carboxylic acids is 2. The van der Waals surface area contributed by atoms with Gasteiger partial charge in [-0.15, -0.1) is 0 Å². The van der Waals surface area contributed by atoms with Crippen molar-refractivity contribution in [2.75, 3.05) is 26.4 Å². The molecule has 1 heterocycles. The summed E-state index contributed by atoms with van der Waals surface area (Å²) in [7, 11) is -3.86. The van der Waals surface area contributed by atoms with Crippen LogP contribution in [-0.2, 0) is 19.6 Å². The number of benzene rings is 2. The molecule has 2 aromatic rings. The van der Waals surface area contributed by atoms with E-state index in [2.05, 4.69) is 15.6 Å². The smallest absolute Gasteiger partial charge is 0.276 e. The van der Waals surface area contributed by atoms with Gasteiger partial charge in [0.25, 0.3) is 5.91 Å². The van der Waals surface area contributed by atoms with E-state index in [-0.39, 0.29) is 24.5 Å². The minimum atomic E-state index is -3.86. The summed E-state index contributed by atoms with van der Waals surface area (Å²) in [5.74, 6) is -0.0172. The number of rotatable bonds is 8. The lowest BCUT2D eigenvalue weighted by Gasteiger charge is -2.18. The second-order valence-corrected chi connectivity index (χ2v) is 8.24. The highest BCUT2D eigenvalue weighted by atomic mass is 32.2. The zero-order valence-corrected chi connectivity index (χ0v) is 17.6. The number of hydrogen-bond donors (Lipinski definition) is 3. The van der Waals surface area contributed by atoms with E-state index in [0.29, 0.717) is 36.0 Å². The number of fused-ring (bicyclic) bond motifs is 1. The van der Waals surface area contributed by atoms with Gasteiger partial charge in [0.05, 0.1) is 16.5 Å². The number of nitriles is 1. The van der Waals surface area contributed by atoms with Crippen LogP contribution in [0.5, 0.6) is 17.2 Å². The van der Waals surface area contributed by atoms with Crippen molar-refractivity contribution in [3.8, 4) is 23.3 Å². The lowest BCUT2D eigenvalue weighted by Crippen LogP contribution is -2.44. The van der Waals surface area contributed by atoms with E-state index in [1.54, 1.807) is 12.1 Å². The predicted molar refractivity (Wildman–Crippen MR) is 110 cm³/mol. The highest BCUT2D eigenvalue weighted by molar-refractivity contribution is 7.89. The number of nitrogens with zero attached hydrogens (tertiary/aromatic N) is 1. The predicted octanol–water partition coefficient (Wildman–Crippen LogP) is 0.224. The van der Waals surface area contributed by atoms with Crippen molar-refractivity contribution >= 4 is 21.8 Å². The molecule has 0 aliphatic carbocycles. The number of amides is 2. The summed E-state index contributed by atoms with van der Waals surface area (Å²) in [4.78, 5) is 23.6. The average Bonchev–Trinajstić information content (AvgIpc) is 2.81. The summed E-state index contributed by atoms with van der Waals surface area (Å²) in [5.41, 5.74) is 4.79. The Labute approximate surface area is 184 Å². The summed E-state index contributed by atoms with van der Waals surface area (Å²) >= 11 is 0. The molecule has 1 aliphatic rings. The maximum absolute atomic E-state index is 12.4. The molecule has 0 radical (unpaired) electrons. The van der Waals surface area contributed by atoms with Crippen LogP contribution in [0.4, 0.5) is 0 Å². The van der Waals surface area contributed by atoms with Crippen LogP contribution in [0.2, 0.25) is 0 Å². The van der Waals surface area contributed by atoms with Crippen molar-refractivity contribution < 1.29 is 32.2 Å². The molecule has 2 amide bonds. The molecule has 2 aromatic carbocycles. The molecule has 168 valence electrons. The number of hydrogen-bond acceptors (Lipinski definition) is 8. The Balaban J connectivity index is 1.38. The molecular formula is C20H20N4O7S. The molecule has 0 bridgehead atoms. The molecule has 1 aliphatic heterocycles. The minimum absolute atomic E-state index is 0.0181. The van der Waals surface area contributed by atoms with Crippen LogP contribution in [-0.4, -0.2) is 46.6 Å². The van der Waals surface area contributed by atoms with E-state index in [0.717, 1.165) is 0 Å². The molecule has 11 nitrogen and oxygen atoms in total. The standard InChI is InChI=1S/C20H20N4O7S/c21-12-14-1-3-15(4-2-14)31-13-20(26)24-23-19(25)7-8-22-32(27,28)16-5-6-17-18(11-16)30-10-9-29-17/h1-6,11,22H,7-10,13H2,(H,23,25)(H,24,26). The van der Waals surface area contributed by atoms with Crippen molar-refractivity contribution in [2.24, 2.45) is 0 Å². The molecule has 0 fully saturated rings. The van der Waals surface area contributed by atoms with Crippen LogP contribution in [0, 0.1) is 11.3 Å². The van der Waals surface area contributed by atoms with Crippen molar-refractivity contribution in [1.82, 2.24) is 15.6 Å². The SMILES string of the molecule is N#Cc1ccc(OCC(=O)NNC(=O)CCNS(=O)(=O)c2ccc3c(c2)OCCO3)cc1. The monoisotopic (exact) mass is 460 g/mol. The second-order valence-electron chi connectivity index (χ2n) is 6.47. The maximum Gasteiger partial charge on any atom is 0.276 e. The zero-order valence-electron chi connectivity index (χ0n) is 16.8. The largest absolute Gasteiger partial charge is 0.486 e. The van der Waals surface area contributed by atoms with Crippen LogP contribution >= 0.6 is 0 Å². The number of sulfonamides is 1. The number of hydrazine groups is 1. The molecule has 32 heavy (non-hydrogen) atoms. The first-order valence-electron chi connectivity index (χ1n) is 9.47. The molecule has 0 spiro atoms. The lowest BCUT2D eigenvalue weighted by atomic mass is 10.2.